The molecule has 0 aromatic carbocycles. The highest BCUT2D eigenvalue weighted by Gasteiger charge is 2.10. The van der Waals surface area contributed by atoms with E-state index in [0.717, 1.165) is 23.6 Å². The third-order valence-corrected chi connectivity index (χ3v) is 3.70. The summed E-state index contributed by atoms with van der Waals surface area (Å²) in [4.78, 5) is 19.6. The number of hydrogen-bond donors (Lipinski definition) is 0. The van der Waals surface area contributed by atoms with Gasteiger partial charge in [0.25, 0.3) is 0 Å². The molecule has 0 spiro atoms. The van der Waals surface area contributed by atoms with Gasteiger partial charge >= 0.3 is 0 Å². The van der Waals surface area contributed by atoms with Crippen LogP contribution in [0.2, 0.25) is 0 Å². The van der Waals surface area contributed by atoms with Crippen molar-refractivity contribution in [2.75, 3.05) is 11.9 Å². The molecule has 0 bridgehead atoms. The Morgan fingerprint density at radius 2 is 1.83 bits per heavy atom. The molecule has 3 heterocycles. The average Bonchev–Trinajstić information content (AvgIpc) is 2.57. The van der Waals surface area contributed by atoms with E-state index >= 15 is 0 Å². The van der Waals surface area contributed by atoms with Gasteiger partial charge in [-0.2, -0.15) is 0 Å². The molecule has 0 radical (unpaired) electrons. The van der Waals surface area contributed by atoms with Crippen LogP contribution in [0.4, 0.5) is 5.82 Å². The second-order valence-corrected chi connectivity index (χ2v) is 5.59. The van der Waals surface area contributed by atoms with Gasteiger partial charge in [-0.05, 0) is 43.2 Å². The van der Waals surface area contributed by atoms with E-state index in [2.05, 4.69) is 31.8 Å². The maximum atomic E-state index is 4.69. The molecule has 0 atom stereocenters. The number of rotatable bonds is 4. The summed E-state index contributed by atoms with van der Waals surface area (Å²) in [5, 5.41) is 0. The Morgan fingerprint density at radius 3 is 2.57 bits per heavy atom. The van der Waals surface area contributed by atoms with Crippen LogP contribution >= 0.6 is 0 Å². The molecular formula is C18H19N5. The molecule has 5 heteroatoms. The molecule has 0 fully saturated rings. The monoisotopic (exact) mass is 305 g/mol. The number of nitrogens with zero attached hydrogens (tertiary/aromatic N) is 5. The molecule has 5 nitrogen and oxygen atoms in total. The summed E-state index contributed by atoms with van der Waals surface area (Å²) in [6, 6.07) is 7.90. The molecule has 3 rings (SSSR count). The normalized spacial score (nSPS) is 10.6. The Labute approximate surface area is 136 Å². The van der Waals surface area contributed by atoms with Crippen LogP contribution in [0.3, 0.4) is 0 Å². The van der Waals surface area contributed by atoms with Crippen molar-refractivity contribution in [3.8, 4) is 11.4 Å². The van der Waals surface area contributed by atoms with E-state index in [1.807, 2.05) is 50.6 Å². The number of pyridine rings is 2. The summed E-state index contributed by atoms with van der Waals surface area (Å²) in [5.74, 6) is 1.60. The Balaban J connectivity index is 1.91. The summed E-state index contributed by atoms with van der Waals surface area (Å²) < 4.78 is 0. The van der Waals surface area contributed by atoms with E-state index in [4.69, 9.17) is 0 Å². The van der Waals surface area contributed by atoms with Crippen molar-refractivity contribution in [2.24, 2.45) is 0 Å². The predicted octanol–water partition coefficient (Wildman–Crippen LogP) is 3.19. The lowest BCUT2D eigenvalue weighted by Gasteiger charge is -2.20. The van der Waals surface area contributed by atoms with Crippen molar-refractivity contribution in [3.63, 3.8) is 0 Å². The average molecular weight is 305 g/mol. The zero-order valence-corrected chi connectivity index (χ0v) is 13.6. The first-order chi connectivity index (χ1) is 11.1. The Morgan fingerprint density at radius 1 is 1.00 bits per heavy atom. The molecule has 0 amide bonds. The first-order valence-electron chi connectivity index (χ1n) is 7.50. The number of anilines is 1. The van der Waals surface area contributed by atoms with Crippen molar-refractivity contribution in [3.05, 3.63) is 65.9 Å². The number of aryl methyl sites for hydroxylation is 2. The summed E-state index contributed by atoms with van der Waals surface area (Å²) in [6.45, 7) is 4.83. The van der Waals surface area contributed by atoms with E-state index in [1.54, 1.807) is 12.4 Å². The Kier molecular flexibility index (Phi) is 4.28. The van der Waals surface area contributed by atoms with Crippen LogP contribution in [-0.2, 0) is 6.54 Å². The van der Waals surface area contributed by atoms with Gasteiger partial charge in [0.05, 0.1) is 0 Å². The number of aromatic nitrogens is 4. The zero-order valence-electron chi connectivity index (χ0n) is 13.6. The quantitative estimate of drug-likeness (QED) is 0.741. The highest BCUT2D eigenvalue weighted by atomic mass is 15.2. The molecule has 116 valence electrons. The van der Waals surface area contributed by atoms with Crippen molar-refractivity contribution < 1.29 is 0 Å². The third kappa shape index (κ3) is 3.51. The molecule has 0 saturated heterocycles. The van der Waals surface area contributed by atoms with Crippen molar-refractivity contribution in [1.82, 2.24) is 19.9 Å². The van der Waals surface area contributed by atoms with Gasteiger partial charge in [0, 0.05) is 55.7 Å². The molecule has 0 aliphatic heterocycles. The molecule has 0 saturated carbocycles. The summed E-state index contributed by atoms with van der Waals surface area (Å²) in [7, 11) is 2.04. The first-order valence-corrected chi connectivity index (χ1v) is 7.50. The van der Waals surface area contributed by atoms with E-state index < -0.39 is 0 Å². The zero-order chi connectivity index (χ0) is 16.2. The van der Waals surface area contributed by atoms with E-state index in [1.165, 1.54) is 11.1 Å². The van der Waals surface area contributed by atoms with Crippen LogP contribution in [0.1, 0.15) is 16.8 Å². The van der Waals surface area contributed by atoms with Crippen LogP contribution in [-0.4, -0.2) is 27.0 Å². The lowest BCUT2D eigenvalue weighted by atomic mass is 10.1. The Hall–Kier alpha value is -2.82. The SMILES string of the molecule is Cc1cc(N(C)Cc2ccncc2C)nc(-c2cccnc2)n1. The maximum Gasteiger partial charge on any atom is 0.163 e. The first kappa shape index (κ1) is 15.1. The van der Waals surface area contributed by atoms with Crippen molar-refractivity contribution in [1.29, 1.82) is 0 Å². The Bertz CT molecular complexity index is 802. The fraction of sp³-hybridized carbons (Fsp3) is 0.222. The summed E-state index contributed by atoms with van der Waals surface area (Å²) in [5.41, 5.74) is 4.28. The van der Waals surface area contributed by atoms with Crippen LogP contribution in [0.15, 0.2) is 49.1 Å². The van der Waals surface area contributed by atoms with Gasteiger partial charge in [-0.1, -0.05) is 0 Å². The van der Waals surface area contributed by atoms with E-state index in [0.29, 0.717) is 5.82 Å². The molecule has 3 aromatic heterocycles. The summed E-state index contributed by atoms with van der Waals surface area (Å²) in [6.07, 6.45) is 7.24. The second-order valence-electron chi connectivity index (χ2n) is 5.59. The fourth-order valence-electron chi connectivity index (χ4n) is 2.39. The van der Waals surface area contributed by atoms with Gasteiger partial charge in [-0.3, -0.25) is 9.97 Å². The largest absolute Gasteiger partial charge is 0.355 e. The van der Waals surface area contributed by atoms with Crippen LogP contribution in [0.5, 0.6) is 0 Å². The highest BCUT2D eigenvalue weighted by molar-refractivity contribution is 5.56. The molecule has 0 N–H and O–H groups in total. The minimum absolute atomic E-state index is 0.700. The third-order valence-electron chi connectivity index (χ3n) is 3.70. The van der Waals surface area contributed by atoms with Gasteiger partial charge in [-0.15, -0.1) is 0 Å². The molecule has 0 aliphatic carbocycles. The standard InChI is InChI=1S/C18H19N5/c1-13-10-20-8-6-16(13)12-23(3)17-9-14(2)21-18(22-17)15-5-4-7-19-11-15/h4-11H,12H2,1-3H3. The maximum absolute atomic E-state index is 4.69. The van der Waals surface area contributed by atoms with Crippen LogP contribution in [0.25, 0.3) is 11.4 Å². The molecule has 23 heavy (non-hydrogen) atoms. The molecule has 0 aliphatic rings. The minimum atomic E-state index is 0.700. The van der Waals surface area contributed by atoms with Gasteiger partial charge in [0.1, 0.15) is 5.82 Å². The van der Waals surface area contributed by atoms with Crippen molar-refractivity contribution >= 4 is 5.82 Å². The topological polar surface area (TPSA) is 54.8 Å². The second kappa shape index (κ2) is 6.52. The smallest absolute Gasteiger partial charge is 0.163 e. The fourth-order valence-corrected chi connectivity index (χ4v) is 2.39. The van der Waals surface area contributed by atoms with Crippen LogP contribution in [0, 0.1) is 13.8 Å². The van der Waals surface area contributed by atoms with E-state index in [-0.39, 0.29) is 0 Å². The molecular weight excluding hydrogens is 286 g/mol. The van der Waals surface area contributed by atoms with Crippen LogP contribution < -0.4 is 4.90 Å². The minimum Gasteiger partial charge on any atom is -0.355 e. The molecule has 3 aromatic rings. The lowest BCUT2D eigenvalue weighted by molar-refractivity contribution is 0.878. The summed E-state index contributed by atoms with van der Waals surface area (Å²) >= 11 is 0. The lowest BCUT2D eigenvalue weighted by Crippen LogP contribution is -2.19. The highest BCUT2D eigenvalue weighted by Crippen LogP contribution is 2.20. The van der Waals surface area contributed by atoms with Gasteiger partial charge in [0.15, 0.2) is 5.82 Å². The van der Waals surface area contributed by atoms with Gasteiger partial charge < -0.3 is 4.90 Å². The van der Waals surface area contributed by atoms with Crippen molar-refractivity contribution in [2.45, 2.75) is 20.4 Å². The predicted molar refractivity (Wildman–Crippen MR) is 91.1 cm³/mol. The van der Waals surface area contributed by atoms with E-state index in [9.17, 15) is 0 Å². The van der Waals surface area contributed by atoms with Gasteiger partial charge in [0.2, 0.25) is 0 Å². The number of hydrogen-bond acceptors (Lipinski definition) is 5. The molecule has 0 unspecified atom stereocenters. The van der Waals surface area contributed by atoms with Gasteiger partial charge in [-0.25, -0.2) is 9.97 Å².